The molecule has 2 aromatic rings. The van der Waals surface area contributed by atoms with Gasteiger partial charge in [0.05, 0.1) is 25.4 Å². The van der Waals surface area contributed by atoms with E-state index >= 15 is 0 Å². The molecule has 1 heterocycles. The zero-order valence-corrected chi connectivity index (χ0v) is 25.2. The molecule has 0 amide bonds. The van der Waals surface area contributed by atoms with Crippen LogP contribution in [-0.4, -0.2) is 25.8 Å². The van der Waals surface area contributed by atoms with E-state index in [1.54, 1.807) is 24.3 Å². The molecule has 1 aliphatic heterocycles. The van der Waals surface area contributed by atoms with Gasteiger partial charge in [-0.2, -0.15) is 0 Å². The molecule has 1 fully saturated rings. The Morgan fingerprint density at radius 2 is 1.43 bits per heavy atom. The first-order valence-corrected chi connectivity index (χ1v) is 15.9. The molecule has 1 saturated heterocycles. The Morgan fingerprint density at radius 3 is 2.10 bits per heavy atom. The van der Waals surface area contributed by atoms with Crippen molar-refractivity contribution in [1.29, 1.82) is 0 Å². The smallest absolute Gasteiger partial charge is 0.343 e. The normalized spacial score (nSPS) is 17.9. The van der Waals surface area contributed by atoms with Crippen LogP contribution in [0.5, 0.6) is 11.5 Å². The number of unbranched alkanes of at least 4 members (excludes halogenated alkanes) is 8. The van der Waals surface area contributed by atoms with E-state index in [1.807, 2.05) is 24.3 Å². The van der Waals surface area contributed by atoms with Crippen LogP contribution in [0.1, 0.15) is 126 Å². The van der Waals surface area contributed by atoms with E-state index in [1.165, 1.54) is 77.0 Å². The lowest BCUT2D eigenvalue weighted by molar-refractivity contribution is -0.206. The molecule has 0 saturated carbocycles. The largest absolute Gasteiger partial charge is 0.494 e. The molecule has 1 aliphatic rings. The quantitative estimate of drug-likeness (QED) is 0.0986. The van der Waals surface area contributed by atoms with Gasteiger partial charge < -0.3 is 18.9 Å². The Labute approximate surface area is 242 Å². The Bertz CT molecular complexity index is 931. The van der Waals surface area contributed by atoms with Gasteiger partial charge in [0.2, 0.25) is 0 Å². The third-order valence-electron chi connectivity index (χ3n) is 7.94. The van der Waals surface area contributed by atoms with E-state index in [9.17, 15) is 4.79 Å². The Kier molecular flexibility index (Phi) is 15.2. The van der Waals surface area contributed by atoms with Crippen LogP contribution in [-0.2, 0) is 9.47 Å². The monoisotopic (exact) mass is 552 g/mol. The van der Waals surface area contributed by atoms with Crippen molar-refractivity contribution < 1.29 is 23.7 Å². The van der Waals surface area contributed by atoms with E-state index < -0.39 is 0 Å². The van der Waals surface area contributed by atoms with E-state index in [-0.39, 0.29) is 12.3 Å². The van der Waals surface area contributed by atoms with Gasteiger partial charge in [0.1, 0.15) is 11.5 Å². The maximum Gasteiger partial charge on any atom is 0.343 e. The molecule has 1 atom stereocenters. The fraction of sp³-hybridized carbons (Fsp3) is 0.629. The molecule has 2 aromatic carbocycles. The van der Waals surface area contributed by atoms with Crippen molar-refractivity contribution in [2.75, 3.05) is 19.8 Å². The molecular formula is C35H52O5. The van der Waals surface area contributed by atoms with Gasteiger partial charge in [-0.15, -0.1) is 0 Å². The van der Waals surface area contributed by atoms with Crippen molar-refractivity contribution >= 4 is 5.97 Å². The summed E-state index contributed by atoms with van der Waals surface area (Å²) in [5.74, 6) is 2.17. The number of rotatable bonds is 19. The summed E-state index contributed by atoms with van der Waals surface area (Å²) >= 11 is 0. The van der Waals surface area contributed by atoms with Crippen LogP contribution >= 0.6 is 0 Å². The molecule has 0 aliphatic carbocycles. The fourth-order valence-electron chi connectivity index (χ4n) is 5.00. The van der Waals surface area contributed by atoms with Gasteiger partial charge in [0.25, 0.3) is 0 Å². The van der Waals surface area contributed by atoms with Gasteiger partial charge in [-0.1, -0.05) is 104 Å². The van der Waals surface area contributed by atoms with E-state index in [0.717, 1.165) is 36.9 Å². The lowest BCUT2D eigenvalue weighted by Crippen LogP contribution is -2.27. The summed E-state index contributed by atoms with van der Waals surface area (Å²) in [4.78, 5) is 12.6. The van der Waals surface area contributed by atoms with Crippen LogP contribution in [0.3, 0.4) is 0 Å². The molecule has 0 N–H and O–H groups in total. The van der Waals surface area contributed by atoms with Crippen molar-refractivity contribution in [1.82, 2.24) is 0 Å². The second kappa shape index (κ2) is 18.9. The molecule has 5 nitrogen and oxygen atoms in total. The number of hydrogen-bond acceptors (Lipinski definition) is 5. The topological polar surface area (TPSA) is 54.0 Å². The molecule has 0 bridgehead atoms. The predicted molar refractivity (Wildman–Crippen MR) is 162 cm³/mol. The predicted octanol–water partition coefficient (Wildman–Crippen LogP) is 9.69. The highest BCUT2D eigenvalue weighted by Gasteiger charge is 2.23. The maximum absolute atomic E-state index is 12.6. The number of hydrogen-bond donors (Lipinski definition) is 0. The molecule has 0 aromatic heterocycles. The Hall–Kier alpha value is -2.37. The van der Waals surface area contributed by atoms with Crippen LogP contribution in [0.25, 0.3) is 0 Å². The standard InChI is InChI=1S/C35H52O5/c1-4-6-7-8-9-10-13-16-29-26-38-35(39-27-29)31-19-23-33(24-20-31)40-34(36)30-17-21-32(22-18-30)37-25-14-11-12-15-28(3)5-2/h17-24,28-29,35H,4-16,25-27H2,1-3H3/t28-,29-,35-/m0/s1. The summed E-state index contributed by atoms with van der Waals surface area (Å²) in [7, 11) is 0. The summed E-state index contributed by atoms with van der Waals surface area (Å²) in [6.45, 7) is 8.98. The first-order chi connectivity index (χ1) is 19.6. The maximum atomic E-state index is 12.6. The first-order valence-electron chi connectivity index (χ1n) is 15.9. The summed E-state index contributed by atoms with van der Waals surface area (Å²) in [6.07, 6.45) is 16.1. The Morgan fingerprint density at radius 1 is 0.800 bits per heavy atom. The van der Waals surface area contributed by atoms with Crippen molar-refractivity contribution in [3.05, 3.63) is 59.7 Å². The lowest BCUT2D eigenvalue weighted by Gasteiger charge is -2.29. The van der Waals surface area contributed by atoms with Crippen LogP contribution < -0.4 is 9.47 Å². The van der Waals surface area contributed by atoms with Crippen molar-refractivity contribution in [2.24, 2.45) is 11.8 Å². The number of benzene rings is 2. The first kappa shape index (κ1) is 32.1. The minimum Gasteiger partial charge on any atom is -0.494 e. The van der Waals surface area contributed by atoms with Gasteiger partial charge >= 0.3 is 5.97 Å². The molecule has 222 valence electrons. The zero-order valence-electron chi connectivity index (χ0n) is 25.2. The number of esters is 1. The van der Waals surface area contributed by atoms with Crippen molar-refractivity contribution in [3.8, 4) is 11.5 Å². The second-order valence-electron chi connectivity index (χ2n) is 11.5. The molecular weight excluding hydrogens is 500 g/mol. The van der Waals surface area contributed by atoms with Crippen LogP contribution in [0.2, 0.25) is 0 Å². The average molecular weight is 553 g/mol. The highest BCUT2D eigenvalue weighted by atomic mass is 16.7. The zero-order chi connectivity index (χ0) is 28.4. The van der Waals surface area contributed by atoms with Gasteiger partial charge in [-0.3, -0.25) is 0 Å². The third kappa shape index (κ3) is 12.0. The van der Waals surface area contributed by atoms with E-state index in [0.29, 0.717) is 23.8 Å². The van der Waals surface area contributed by atoms with Crippen molar-refractivity contribution in [3.63, 3.8) is 0 Å². The molecule has 40 heavy (non-hydrogen) atoms. The van der Waals surface area contributed by atoms with Gasteiger partial charge in [0, 0.05) is 11.5 Å². The molecule has 0 spiro atoms. The van der Waals surface area contributed by atoms with Crippen LogP contribution in [0.4, 0.5) is 0 Å². The van der Waals surface area contributed by atoms with Crippen LogP contribution in [0.15, 0.2) is 48.5 Å². The summed E-state index contributed by atoms with van der Waals surface area (Å²) in [6, 6.07) is 14.6. The third-order valence-corrected chi connectivity index (χ3v) is 7.94. The Balaban J connectivity index is 1.32. The number of carbonyl (C=O) groups excluding carboxylic acids is 1. The highest BCUT2D eigenvalue weighted by Crippen LogP contribution is 2.29. The fourth-order valence-corrected chi connectivity index (χ4v) is 5.00. The lowest BCUT2D eigenvalue weighted by atomic mass is 10.0. The average Bonchev–Trinajstić information content (AvgIpc) is 2.99. The molecule has 3 rings (SSSR count). The van der Waals surface area contributed by atoms with Crippen LogP contribution in [0, 0.1) is 11.8 Å². The number of carbonyl (C=O) groups is 1. The van der Waals surface area contributed by atoms with Gasteiger partial charge in [-0.05, 0) is 55.2 Å². The van der Waals surface area contributed by atoms with Crippen molar-refractivity contribution in [2.45, 2.75) is 111 Å². The van der Waals surface area contributed by atoms with E-state index in [4.69, 9.17) is 18.9 Å². The highest BCUT2D eigenvalue weighted by molar-refractivity contribution is 5.91. The minimum absolute atomic E-state index is 0.359. The van der Waals surface area contributed by atoms with E-state index in [2.05, 4.69) is 20.8 Å². The van der Waals surface area contributed by atoms with Gasteiger partial charge in [-0.25, -0.2) is 4.79 Å². The molecule has 0 unspecified atom stereocenters. The molecule has 0 radical (unpaired) electrons. The summed E-state index contributed by atoms with van der Waals surface area (Å²) < 4.78 is 23.4. The summed E-state index contributed by atoms with van der Waals surface area (Å²) in [5, 5.41) is 0. The molecule has 5 heteroatoms. The SMILES string of the molecule is CCCCCCCCC[C@H]1CO[C@H](c2ccc(OC(=O)c3ccc(OCCCCC[C@@H](C)CC)cc3)cc2)OC1. The minimum atomic E-state index is -0.386. The summed E-state index contributed by atoms with van der Waals surface area (Å²) in [5.41, 5.74) is 1.44. The second-order valence-corrected chi connectivity index (χ2v) is 11.5. The van der Waals surface area contributed by atoms with Gasteiger partial charge in [0.15, 0.2) is 6.29 Å². The number of ether oxygens (including phenoxy) is 4.